The molecule has 0 saturated heterocycles. The van der Waals surface area contributed by atoms with Crippen LogP contribution in [0.5, 0.6) is 0 Å². The summed E-state index contributed by atoms with van der Waals surface area (Å²) in [4.78, 5) is 20.9. The van der Waals surface area contributed by atoms with Gasteiger partial charge >= 0.3 is 0 Å². The molecule has 0 atom stereocenters. The molecule has 0 unspecified atom stereocenters. The SMILES string of the molecule is CC1(C)CC(=O)c2c(C=Cc3ccco3)nc(N)nc2C1. The van der Waals surface area contributed by atoms with Crippen molar-refractivity contribution in [3.8, 4) is 0 Å². The Morgan fingerprint density at radius 2 is 2.10 bits per heavy atom. The van der Waals surface area contributed by atoms with Gasteiger partial charge in [0.05, 0.1) is 23.2 Å². The van der Waals surface area contributed by atoms with Gasteiger partial charge in [0.2, 0.25) is 5.95 Å². The molecular formula is C16H17N3O2. The highest BCUT2D eigenvalue weighted by Gasteiger charge is 2.34. The standard InChI is InChI=1S/C16H17N3O2/c1-16(2)8-12-14(13(20)9-16)11(18-15(17)19-12)6-5-10-4-3-7-21-10/h3-7H,8-9H2,1-2H3,(H2,17,18,19). The monoisotopic (exact) mass is 283 g/mol. The van der Waals surface area contributed by atoms with Gasteiger partial charge in [0.15, 0.2) is 5.78 Å². The Kier molecular flexibility index (Phi) is 3.12. The van der Waals surface area contributed by atoms with Crippen LogP contribution >= 0.6 is 0 Å². The van der Waals surface area contributed by atoms with Crippen LogP contribution in [0.1, 0.15) is 47.8 Å². The van der Waals surface area contributed by atoms with E-state index in [1.807, 2.05) is 6.07 Å². The van der Waals surface area contributed by atoms with Crippen molar-refractivity contribution in [2.24, 2.45) is 5.41 Å². The number of fused-ring (bicyclic) bond motifs is 1. The van der Waals surface area contributed by atoms with Crippen LogP contribution in [0.25, 0.3) is 12.2 Å². The van der Waals surface area contributed by atoms with E-state index in [1.54, 1.807) is 24.5 Å². The maximum atomic E-state index is 12.4. The molecular weight excluding hydrogens is 266 g/mol. The van der Waals surface area contributed by atoms with Gasteiger partial charge in [0.1, 0.15) is 5.76 Å². The number of nitrogens with zero attached hydrogens (tertiary/aromatic N) is 2. The van der Waals surface area contributed by atoms with Gasteiger partial charge in [-0.2, -0.15) is 0 Å². The Morgan fingerprint density at radius 1 is 1.29 bits per heavy atom. The number of anilines is 1. The number of rotatable bonds is 2. The molecule has 2 aromatic rings. The Bertz CT molecular complexity index is 715. The number of ketones is 1. The zero-order chi connectivity index (χ0) is 15.0. The van der Waals surface area contributed by atoms with Crippen molar-refractivity contribution in [2.45, 2.75) is 26.7 Å². The van der Waals surface area contributed by atoms with Crippen LogP contribution in [0.15, 0.2) is 22.8 Å². The molecule has 1 aliphatic carbocycles. The quantitative estimate of drug-likeness (QED) is 0.916. The molecule has 5 heteroatoms. The first-order valence-electron chi connectivity index (χ1n) is 6.86. The number of hydrogen-bond acceptors (Lipinski definition) is 5. The van der Waals surface area contributed by atoms with Crippen molar-refractivity contribution in [3.05, 3.63) is 41.1 Å². The van der Waals surface area contributed by atoms with E-state index in [1.165, 1.54) is 0 Å². The molecule has 108 valence electrons. The molecule has 0 radical (unpaired) electrons. The highest BCUT2D eigenvalue weighted by Crippen LogP contribution is 2.35. The molecule has 5 nitrogen and oxygen atoms in total. The second-order valence-corrected chi connectivity index (χ2v) is 6.08. The summed E-state index contributed by atoms with van der Waals surface area (Å²) >= 11 is 0. The van der Waals surface area contributed by atoms with Gasteiger partial charge in [0, 0.05) is 6.42 Å². The summed E-state index contributed by atoms with van der Waals surface area (Å²) in [7, 11) is 0. The molecule has 0 spiro atoms. The number of furan rings is 1. The van der Waals surface area contributed by atoms with E-state index in [2.05, 4.69) is 23.8 Å². The van der Waals surface area contributed by atoms with Crippen LogP contribution in [0.4, 0.5) is 5.95 Å². The number of carbonyl (C=O) groups is 1. The topological polar surface area (TPSA) is 82.0 Å². The zero-order valence-electron chi connectivity index (χ0n) is 12.1. The van der Waals surface area contributed by atoms with Crippen LogP contribution in [0.3, 0.4) is 0 Å². The van der Waals surface area contributed by atoms with E-state index in [-0.39, 0.29) is 17.1 Å². The lowest BCUT2D eigenvalue weighted by Crippen LogP contribution is -2.29. The van der Waals surface area contributed by atoms with Gasteiger partial charge in [0.25, 0.3) is 0 Å². The minimum absolute atomic E-state index is 0.0698. The summed E-state index contributed by atoms with van der Waals surface area (Å²) in [5.74, 6) is 0.961. The Hall–Kier alpha value is -2.43. The second kappa shape index (κ2) is 4.84. The van der Waals surface area contributed by atoms with E-state index in [0.29, 0.717) is 23.4 Å². The molecule has 0 fully saturated rings. The predicted molar refractivity (Wildman–Crippen MR) is 80.5 cm³/mol. The third-order valence-corrected chi connectivity index (χ3v) is 3.54. The summed E-state index contributed by atoms with van der Waals surface area (Å²) in [6.45, 7) is 4.12. The summed E-state index contributed by atoms with van der Waals surface area (Å²) < 4.78 is 5.24. The van der Waals surface area contributed by atoms with Crippen LogP contribution in [-0.4, -0.2) is 15.8 Å². The van der Waals surface area contributed by atoms with Crippen molar-refractivity contribution in [1.29, 1.82) is 0 Å². The molecule has 2 N–H and O–H groups in total. The Labute approximate surface area is 122 Å². The average Bonchev–Trinajstić information content (AvgIpc) is 2.86. The number of hydrogen-bond donors (Lipinski definition) is 1. The molecule has 21 heavy (non-hydrogen) atoms. The van der Waals surface area contributed by atoms with Gasteiger partial charge in [-0.05, 0) is 36.1 Å². The minimum Gasteiger partial charge on any atom is -0.465 e. The van der Waals surface area contributed by atoms with Crippen molar-refractivity contribution < 1.29 is 9.21 Å². The third-order valence-electron chi connectivity index (χ3n) is 3.54. The summed E-state index contributed by atoms with van der Waals surface area (Å²) in [6, 6.07) is 3.63. The lowest BCUT2D eigenvalue weighted by atomic mass is 9.75. The number of aromatic nitrogens is 2. The average molecular weight is 283 g/mol. The van der Waals surface area contributed by atoms with Gasteiger partial charge in [-0.3, -0.25) is 4.79 Å². The van der Waals surface area contributed by atoms with Crippen LogP contribution in [-0.2, 0) is 6.42 Å². The molecule has 0 aliphatic heterocycles. The third kappa shape index (κ3) is 2.72. The van der Waals surface area contributed by atoms with Gasteiger partial charge in [-0.15, -0.1) is 0 Å². The van der Waals surface area contributed by atoms with E-state index in [4.69, 9.17) is 10.2 Å². The van der Waals surface area contributed by atoms with Gasteiger partial charge in [-0.25, -0.2) is 9.97 Å². The zero-order valence-corrected chi connectivity index (χ0v) is 12.1. The molecule has 0 amide bonds. The number of nitrogen functional groups attached to an aromatic ring is 1. The van der Waals surface area contributed by atoms with E-state index < -0.39 is 0 Å². The van der Waals surface area contributed by atoms with Crippen molar-refractivity contribution in [3.63, 3.8) is 0 Å². The lowest BCUT2D eigenvalue weighted by molar-refractivity contribution is 0.0909. The van der Waals surface area contributed by atoms with Crippen LogP contribution in [0.2, 0.25) is 0 Å². The molecule has 2 aromatic heterocycles. The van der Waals surface area contributed by atoms with Crippen LogP contribution < -0.4 is 5.73 Å². The van der Waals surface area contributed by atoms with Gasteiger partial charge < -0.3 is 10.2 Å². The van der Waals surface area contributed by atoms with E-state index in [0.717, 1.165) is 12.1 Å². The maximum Gasteiger partial charge on any atom is 0.220 e. The van der Waals surface area contributed by atoms with Crippen molar-refractivity contribution in [2.75, 3.05) is 5.73 Å². The summed E-state index contributed by atoms with van der Waals surface area (Å²) in [5.41, 5.74) is 7.58. The van der Waals surface area contributed by atoms with E-state index >= 15 is 0 Å². The van der Waals surface area contributed by atoms with Crippen molar-refractivity contribution >= 4 is 23.9 Å². The largest absolute Gasteiger partial charge is 0.465 e. The molecule has 1 aliphatic rings. The number of carbonyl (C=O) groups excluding carboxylic acids is 1. The van der Waals surface area contributed by atoms with Crippen molar-refractivity contribution in [1.82, 2.24) is 9.97 Å². The Balaban J connectivity index is 2.06. The first kappa shape index (κ1) is 13.5. The molecule has 3 rings (SSSR count). The highest BCUT2D eigenvalue weighted by atomic mass is 16.3. The first-order valence-corrected chi connectivity index (χ1v) is 6.86. The number of Topliss-reactive ketones (excluding diaryl/α,β-unsaturated/α-hetero) is 1. The maximum absolute atomic E-state index is 12.4. The number of nitrogens with two attached hydrogens (primary N) is 1. The molecule has 0 saturated carbocycles. The molecule has 0 aromatic carbocycles. The summed E-state index contributed by atoms with van der Waals surface area (Å²) in [5, 5.41) is 0. The van der Waals surface area contributed by atoms with Crippen LogP contribution in [0, 0.1) is 5.41 Å². The second-order valence-electron chi connectivity index (χ2n) is 6.08. The molecule has 0 bridgehead atoms. The molecule has 2 heterocycles. The van der Waals surface area contributed by atoms with E-state index in [9.17, 15) is 4.79 Å². The lowest BCUT2D eigenvalue weighted by Gasteiger charge is -2.29. The highest BCUT2D eigenvalue weighted by molar-refractivity contribution is 6.02. The fraction of sp³-hybridized carbons (Fsp3) is 0.312. The fourth-order valence-electron chi connectivity index (χ4n) is 2.68. The predicted octanol–water partition coefficient (Wildman–Crippen LogP) is 2.98. The smallest absolute Gasteiger partial charge is 0.220 e. The first-order chi connectivity index (χ1) is 9.94. The minimum atomic E-state index is -0.0904. The fourth-order valence-corrected chi connectivity index (χ4v) is 2.68. The normalized spacial score (nSPS) is 17.1. The Morgan fingerprint density at radius 3 is 2.81 bits per heavy atom. The van der Waals surface area contributed by atoms with Gasteiger partial charge in [-0.1, -0.05) is 13.8 Å². The summed E-state index contributed by atoms with van der Waals surface area (Å²) in [6.07, 6.45) is 6.34.